The van der Waals surface area contributed by atoms with Gasteiger partial charge in [-0.15, -0.1) is 0 Å². The molecule has 3 nitrogen and oxygen atoms in total. The molecule has 0 heterocycles. The van der Waals surface area contributed by atoms with E-state index in [1.165, 1.54) is 6.41 Å². The van der Waals surface area contributed by atoms with Crippen LogP contribution in [0.25, 0.3) is 0 Å². The largest absolute Gasteiger partial charge is 0.324 e. The molecule has 0 rings (SSSR count). The Balaban J connectivity index is 2.56. The Morgan fingerprint density at radius 2 is 2.43 bits per heavy atom. The smallest absolute Gasteiger partial charge is 0.283 e. The molecule has 0 saturated heterocycles. The summed E-state index contributed by atoms with van der Waals surface area (Å²) in [5, 5.41) is 0. The van der Waals surface area contributed by atoms with Gasteiger partial charge in [0.2, 0.25) is 0 Å². The molecule has 7 heavy (non-hydrogen) atoms. The summed E-state index contributed by atoms with van der Waals surface area (Å²) < 4.78 is 0. The molecule has 0 aliphatic rings. The normalized spacial score (nSPS) is 8.14. The molecule has 0 atom stereocenters. The first-order valence-corrected chi connectivity index (χ1v) is 2.26. The van der Waals surface area contributed by atoms with Gasteiger partial charge in [0.1, 0.15) is 0 Å². The minimum absolute atomic E-state index is 0.801. The van der Waals surface area contributed by atoms with Gasteiger partial charge in [0.15, 0.2) is 0 Å². The lowest BCUT2D eigenvalue weighted by Crippen LogP contribution is -2.30. The Morgan fingerprint density at radius 3 is 2.86 bits per heavy atom. The zero-order chi connectivity index (χ0) is 5.54. The third-order valence-electron chi connectivity index (χ3n) is 0.514. The van der Waals surface area contributed by atoms with Crippen molar-refractivity contribution in [2.45, 2.75) is 13.3 Å². The van der Waals surface area contributed by atoms with E-state index < -0.39 is 0 Å². The van der Waals surface area contributed by atoms with Crippen molar-refractivity contribution in [2.75, 3.05) is 6.54 Å². The SMILES string of the molecule is CCCNN[C]=O. The Hall–Kier alpha value is -0.570. The molecule has 0 spiro atoms. The van der Waals surface area contributed by atoms with E-state index in [0.717, 1.165) is 13.0 Å². The summed E-state index contributed by atoms with van der Waals surface area (Å²) in [4.78, 5) is 9.38. The van der Waals surface area contributed by atoms with Crippen LogP contribution in [0.5, 0.6) is 0 Å². The topological polar surface area (TPSA) is 41.1 Å². The second kappa shape index (κ2) is 5.43. The molecule has 0 aromatic heterocycles. The first-order chi connectivity index (χ1) is 3.41. The number of rotatable bonds is 4. The van der Waals surface area contributed by atoms with E-state index in [-0.39, 0.29) is 0 Å². The van der Waals surface area contributed by atoms with Crippen LogP contribution >= 0.6 is 0 Å². The molecule has 1 amide bonds. The minimum atomic E-state index is 0.801. The van der Waals surface area contributed by atoms with Crippen LogP contribution in [-0.4, -0.2) is 13.0 Å². The van der Waals surface area contributed by atoms with Crippen LogP contribution in [0.1, 0.15) is 13.3 Å². The molecule has 0 unspecified atom stereocenters. The van der Waals surface area contributed by atoms with Crippen LogP contribution < -0.4 is 10.9 Å². The molecule has 0 bridgehead atoms. The molecule has 2 N–H and O–H groups in total. The summed E-state index contributed by atoms with van der Waals surface area (Å²) in [7, 11) is 0. The van der Waals surface area contributed by atoms with Crippen LogP contribution in [0, 0.1) is 0 Å². The standard InChI is InChI=1S/C4H9N2O/c1-2-3-5-6-4-7/h5H,2-3H2,1H3,(H,6,7). The maximum atomic E-state index is 9.38. The Morgan fingerprint density at radius 1 is 1.71 bits per heavy atom. The fourth-order valence-electron chi connectivity index (χ4n) is 0.224. The van der Waals surface area contributed by atoms with Crippen LogP contribution in [-0.2, 0) is 4.79 Å². The van der Waals surface area contributed by atoms with Gasteiger partial charge in [-0.3, -0.25) is 10.2 Å². The fraction of sp³-hybridized carbons (Fsp3) is 0.750. The number of carbonyl (C=O) groups excluding carboxylic acids is 1. The number of hydrogen-bond donors (Lipinski definition) is 2. The zero-order valence-electron chi connectivity index (χ0n) is 4.32. The predicted molar refractivity (Wildman–Crippen MR) is 27.1 cm³/mol. The van der Waals surface area contributed by atoms with Crippen molar-refractivity contribution in [2.24, 2.45) is 0 Å². The molecule has 0 fully saturated rings. The summed E-state index contributed by atoms with van der Waals surface area (Å²) in [5.74, 6) is 0. The highest BCUT2D eigenvalue weighted by Crippen LogP contribution is 1.62. The number of amides is 1. The van der Waals surface area contributed by atoms with E-state index in [1.54, 1.807) is 0 Å². The quantitative estimate of drug-likeness (QED) is 0.286. The first kappa shape index (κ1) is 6.43. The second-order valence-electron chi connectivity index (χ2n) is 1.15. The average molecular weight is 101 g/mol. The monoisotopic (exact) mass is 101 g/mol. The molecule has 0 aliphatic heterocycles. The first-order valence-electron chi connectivity index (χ1n) is 2.26. The van der Waals surface area contributed by atoms with E-state index in [4.69, 9.17) is 0 Å². The van der Waals surface area contributed by atoms with Crippen molar-refractivity contribution in [1.82, 2.24) is 10.9 Å². The highest BCUT2D eigenvalue weighted by Gasteiger charge is 1.74. The number of nitrogens with one attached hydrogen (secondary N) is 2. The van der Waals surface area contributed by atoms with Gasteiger partial charge in [-0.2, -0.15) is 0 Å². The van der Waals surface area contributed by atoms with E-state index in [9.17, 15) is 4.79 Å². The van der Waals surface area contributed by atoms with E-state index in [2.05, 4.69) is 10.9 Å². The van der Waals surface area contributed by atoms with E-state index in [0.29, 0.717) is 0 Å². The van der Waals surface area contributed by atoms with Crippen molar-refractivity contribution in [3.8, 4) is 0 Å². The van der Waals surface area contributed by atoms with E-state index >= 15 is 0 Å². The second-order valence-corrected chi connectivity index (χ2v) is 1.15. The molecule has 0 aliphatic carbocycles. The van der Waals surface area contributed by atoms with Crippen molar-refractivity contribution in [3.63, 3.8) is 0 Å². The average Bonchev–Trinajstić information content (AvgIpc) is 1.69. The number of hydrazine groups is 1. The van der Waals surface area contributed by atoms with Gasteiger partial charge < -0.3 is 0 Å². The summed E-state index contributed by atoms with van der Waals surface area (Å²) in [6.07, 6.45) is 2.50. The van der Waals surface area contributed by atoms with Crippen LogP contribution in [0.15, 0.2) is 0 Å². The summed E-state index contributed by atoms with van der Waals surface area (Å²) >= 11 is 0. The highest BCUT2D eigenvalue weighted by atomic mass is 16.1. The van der Waals surface area contributed by atoms with Gasteiger partial charge in [0.25, 0.3) is 0 Å². The molecule has 0 aromatic carbocycles. The van der Waals surface area contributed by atoms with Crippen molar-refractivity contribution in [1.29, 1.82) is 0 Å². The van der Waals surface area contributed by atoms with Crippen LogP contribution in [0.3, 0.4) is 0 Å². The summed E-state index contributed by atoms with van der Waals surface area (Å²) in [6.45, 7) is 2.81. The number of hydrogen-bond acceptors (Lipinski definition) is 2. The van der Waals surface area contributed by atoms with Gasteiger partial charge in [-0.05, 0) is 6.42 Å². The van der Waals surface area contributed by atoms with Crippen LogP contribution in [0.2, 0.25) is 0 Å². The lowest BCUT2D eigenvalue weighted by atomic mass is 10.5. The molecule has 3 heteroatoms. The van der Waals surface area contributed by atoms with Gasteiger partial charge >= 0.3 is 6.41 Å². The van der Waals surface area contributed by atoms with Gasteiger partial charge in [0.05, 0.1) is 0 Å². The van der Waals surface area contributed by atoms with Gasteiger partial charge in [-0.1, -0.05) is 6.92 Å². The highest BCUT2D eigenvalue weighted by molar-refractivity contribution is 5.45. The summed E-state index contributed by atoms with van der Waals surface area (Å²) in [6, 6.07) is 0. The minimum Gasteiger partial charge on any atom is -0.283 e. The van der Waals surface area contributed by atoms with E-state index in [1.807, 2.05) is 6.92 Å². The zero-order valence-corrected chi connectivity index (χ0v) is 4.32. The molecular formula is C4H9N2O. The maximum Gasteiger partial charge on any atom is 0.324 e. The van der Waals surface area contributed by atoms with Gasteiger partial charge in [0, 0.05) is 6.54 Å². The lowest BCUT2D eigenvalue weighted by Gasteiger charge is -1.93. The van der Waals surface area contributed by atoms with Crippen molar-refractivity contribution < 1.29 is 4.79 Å². The molecular weight excluding hydrogens is 92.1 g/mol. The van der Waals surface area contributed by atoms with Crippen molar-refractivity contribution in [3.05, 3.63) is 0 Å². The lowest BCUT2D eigenvalue weighted by molar-refractivity contribution is 0.519. The Labute approximate surface area is 43.1 Å². The van der Waals surface area contributed by atoms with Crippen molar-refractivity contribution >= 4 is 6.41 Å². The molecule has 1 radical (unpaired) electrons. The fourth-order valence-corrected chi connectivity index (χ4v) is 0.224. The molecule has 0 saturated carbocycles. The van der Waals surface area contributed by atoms with Crippen LogP contribution in [0.4, 0.5) is 0 Å². The Bertz CT molecular complexity index is 47.0. The Kier molecular flexibility index (Phi) is 4.99. The maximum absolute atomic E-state index is 9.38. The molecule has 0 aromatic rings. The summed E-state index contributed by atoms with van der Waals surface area (Å²) in [5.41, 5.74) is 4.80. The molecule has 41 valence electrons. The van der Waals surface area contributed by atoms with Gasteiger partial charge in [-0.25, -0.2) is 5.43 Å². The third kappa shape index (κ3) is 5.43. The predicted octanol–water partition coefficient (Wildman–Crippen LogP) is -0.442. The third-order valence-corrected chi connectivity index (χ3v) is 0.514.